The summed E-state index contributed by atoms with van der Waals surface area (Å²) in [6.45, 7) is 2.59. The van der Waals surface area contributed by atoms with E-state index in [-0.39, 0.29) is 11.5 Å². The molecule has 2 heterocycles. The van der Waals surface area contributed by atoms with Crippen molar-refractivity contribution in [2.24, 2.45) is 0 Å². The van der Waals surface area contributed by atoms with Crippen LogP contribution in [-0.4, -0.2) is 29.2 Å². The van der Waals surface area contributed by atoms with Gasteiger partial charge in [-0.2, -0.15) is 0 Å². The monoisotopic (exact) mass is 372 g/mol. The number of esters is 1. The van der Waals surface area contributed by atoms with Crippen molar-refractivity contribution in [3.8, 4) is 16.2 Å². The van der Waals surface area contributed by atoms with Crippen LogP contribution in [0.2, 0.25) is 0 Å². The third-order valence-corrected chi connectivity index (χ3v) is 5.12. The molecule has 0 aliphatic heterocycles. The Bertz CT molecular complexity index is 960. The highest BCUT2D eigenvalue weighted by Gasteiger charge is 2.11. The van der Waals surface area contributed by atoms with Crippen LogP contribution >= 0.6 is 11.3 Å². The molecule has 1 aromatic carbocycles. The van der Waals surface area contributed by atoms with Gasteiger partial charge in [0.25, 0.3) is 5.56 Å². The van der Waals surface area contributed by atoms with Gasteiger partial charge < -0.3 is 9.47 Å². The van der Waals surface area contributed by atoms with Gasteiger partial charge >= 0.3 is 5.97 Å². The Morgan fingerprint density at radius 2 is 2.04 bits per heavy atom. The number of aryl methyl sites for hydroxylation is 1. The molecule has 3 aromatic rings. The van der Waals surface area contributed by atoms with Crippen molar-refractivity contribution in [1.29, 1.82) is 0 Å². The van der Waals surface area contributed by atoms with Crippen LogP contribution in [-0.2, 0) is 16.1 Å². The fourth-order valence-corrected chi connectivity index (χ4v) is 3.69. The molecule has 0 aliphatic carbocycles. The van der Waals surface area contributed by atoms with Gasteiger partial charge in [-0.15, -0.1) is 11.3 Å². The third-order valence-electron chi connectivity index (χ3n) is 3.96. The molecule has 0 aliphatic rings. The fourth-order valence-electron chi connectivity index (χ4n) is 2.63. The van der Waals surface area contributed by atoms with Crippen molar-refractivity contribution in [1.82, 2.24) is 9.55 Å². The first-order valence-electron chi connectivity index (χ1n) is 8.41. The highest BCUT2D eigenvalue weighted by molar-refractivity contribution is 7.22. The Morgan fingerprint density at radius 1 is 1.27 bits per heavy atom. The number of hydrogen-bond acceptors (Lipinski definition) is 6. The molecule has 0 atom stereocenters. The number of carbonyl (C=O) groups excluding carboxylic acids is 1. The zero-order valence-electron chi connectivity index (χ0n) is 14.7. The highest BCUT2D eigenvalue weighted by Crippen LogP contribution is 2.31. The number of carbonyl (C=O) groups is 1. The van der Waals surface area contributed by atoms with Gasteiger partial charge in [0.15, 0.2) is 0 Å². The molecular weight excluding hydrogens is 352 g/mol. The van der Waals surface area contributed by atoms with E-state index in [0.717, 1.165) is 16.2 Å². The number of aromatic nitrogens is 2. The maximum Gasteiger partial charge on any atom is 0.305 e. The maximum absolute atomic E-state index is 12.7. The molecule has 0 spiro atoms. The molecule has 0 saturated carbocycles. The highest BCUT2D eigenvalue weighted by atomic mass is 32.1. The number of benzene rings is 1. The van der Waals surface area contributed by atoms with E-state index in [1.807, 2.05) is 30.3 Å². The number of thiophene rings is 1. The fraction of sp³-hybridized carbons (Fsp3) is 0.316. The van der Waals surface area contributed by atoms with Gasteiger partial charge in [0.1, 0.15) is 10.4 Å². The number of fused-ring (bicyclic) bond motifs is 1. The van der Waals surface area contributed by atoms with Gasteiger partial charge in [0, 0.05) is 17.8 Å². The van der Waals surface area contributed by atoms with Crippen molar-refractivity contribution in [3.63, 3.8) is 0 Å². The largest absolute Gasteiger partial charge is 0.497 e. The average Bonchev–Trinajstić information content (AvgIpc) is 3.09. The van der Waals surface area contributed by atoms with Crippen LogP contribution in [0.15, 0.2) is 41.5 Å². The SMILES string of the molecule is CCOC(=O)CCCn1cnc2cc(-c3ccc(OC)cc3)sc2c1=O. The van der Waals surface area contributed by atoms with Gasteiger partial charge in [-0.3, -0.25) is 14.2 Å². The molecule has 0 amide bonds. The van der Waals surface area contributed by atoms with Crippen molar-refractivity contribution in [2.75, 3.05) is 13.7 Å². The lowest BCUT2D eigenvalue weighted by Gasteiger charge is -2.04. The predicted octanol–water partition coefficient (Wildman–Crippen LogP) is 3.48. The minimum Gasteiger partial charge on any atom is -0.497 e. The van der Waals surface area contributed by atoms with Crippen LogP contribution in [0.1, 0.15) is 19.8 Å². The van der Waals surface area contributed by atoms with E-state index < -0.39 is 0 Å². The standard InChI is InChI=1S/C19H20N2O4S/c1-3-25-17(22)5-4-10-21-12-20-15-11-16(26-18(15)19(21)23)13-6-8-14(24-2)9-7-13/h6-9,11-12H,3-5,10H2,1-2H3. The Kier molecular flexibility index (Phi) is 5.68. The van der Waals surface area contributed by atoms with E-state index in [4.69, 9.17) is 9.47 Å². The van der Waals surface area contributed by atoms with Crippen LogP contribution in [0, 0.1) is 0 Å². The minimum atomic E-state index is -0.243. The lowest BCUT2D eigenvalue weighted by atomic mass is 10.2. The van der Waals surface area contributed by atoms with E-state index in [9.17, 15) is 9.59 Å². The predicted molar refractivity (Wildman–Crippen MR) is 102 cm³/mol. The van der Waals surface area contributed by atoms with E-state index in [0.29, 0.717) is 36.2 Å². The third kappa shape index (κ3) is 3.94. The van der Waals surface area contributed by atoms with Crippen LogP contribution < -0.4 is 10.3 Å². The molecule has 0 unspecified atom stereocenters. The molecule has 0 bridgehead atoms. The average molecular weight is 372 g/mol. The molecule has 7 heteroatoms. The van der Waals surface area contributed by atoms with E-state index in [1.54, 1.807) is 24.9 Å². The van der Waals surface area contributed by atoms with Crippen LogP contribution in [0.4, 0.5) is 0 Å². The van der Waals surface area contributed by atoms with Gasteiger partial charge in [-0.25, -0.2) is 4.98 Å². The molecular formula is C19H20N2O4S. The number of rotatable bonds is 7. The lowest BCUT2D eigenvalue weighted by molar-refractivity contribution is -0.143. The second-order valence-corrected chi connectivity index (χ2v) is 6.76. The van der Waals surface area contributed by atoms with Crippen LogP contribution in [0.5, 0.6) is 5.75 Å². The molecule has 136 valence electrons. The van der Waals surface area contributed by atoms with E-state index in [1.165, 1.54) is 11.3 Å². The van der Waals surface area contributed by atoms with Gasteiger partial charge in [-0.05, 0) is 49.2 Å². The zero-order valence-corrected chi connectivity index (χ0v) is 15.5. The quantitative estimate of drug-likeness (QED) is 0.594. The first-order chi connectivity index (χ1) is 12.6. The normalized spacial score (nSPS) is 10.8. The van der Waals surface area contributed by atoms with E-state index in [2.05, 4.69) is 4.98 Å². The van der Waals surface area contributed by atoms with Gasteiger partial charge in [0.05, 0.1) is 25.6 Å². The molecule has 3 rings (SSSR count). The number of methoxy groups -OCH3 is 1. The molecule has 2 aromatic heterocycles. The van der Waals surface area contributed by atoms with Gasteiger partial charge in [-0.1, -0.05) is 0 Å². The smallest absolute Gasteiger partial charge is 0.305 e. The summed E-state index contributed by atoms with van der Waals surface area (Å²) >= 11 is 1.42. The Labute approximate surface area is 155 Å². The summed E-state index contributed by atoms with van der Waals surface area (Å²) in [7, 11) is 1.63. The number of nitrogens with zero attached hydrogens (tertiary/aromatic N) is 2. The number of hydrogen-bond donors (Lipinski definition) is 0. The van der Waals surface area contributed by atoms with E-state index >= 15 is 0 Å². The summed E-state index contributed by atoms with van der Waals surface area (Å²) in [6.07, 6.45) is 2.38. The topological polar surface area (TPSA) is 70.4 Å². The van der Waals surface area contributed by atoms with Crippen molar-refractivity contribution in [2.45, 2.75) is 26.3 Å². The lowest BCUT2D eigenvalue weighted by Crippen LogP contribution is -2.20. The Hall–Kier alpha value is -2.67. The zero-order chi connectivity index (χ0) is 18.5. The summed E-state index contributed by atoms with van der Waals surface area (Å²) in [6, 6.07) is 9.62. The second-order valence-electron chi connectivity index (χ2n) is 5.71. The summed E-state index contributed by atoms with van der Waals surface area (Å²) in [4.78, 5) is 29.4. The summed E-state index contributed by atoms with van der Waals surface area (Å²) < 4.78 is 12.2. The maximum atomic E-state index is 12.7. The Morgan fingerprint density at radius 3 is 2.73 bits per heavy atom. The molecule has 0 N–H and O–H groups in total. The Balaban J connectivity index is 1.80. The second kappa shape index (κ2) is 8.14. The summed E-state index contributed by atoms with van der Waals surface area (Å²) in [5.41, 5.74) is 1.62. The van der Waals surface area contributed by atoms with Crippen LogP contribution in [0.3, 0.4) is 0 Å². The molecule has 0 saturated heterocycles. The van der Waals surface area contributed by atoms with Crippen molar-refractivity contribution in [3.05, 3.63) is 47.0 Å². The molecule has 26 heavy (non-hydrogen) atoms. The van der Waals surface area contributed by atoms with Crippen molar-refractivity contribution >= 4 is 27.5 Å². The van der Waals surface area contributed by atoms with Crippen molar-refractivity contribution < 1.29 is 14.3 Å². The first kappa shape index (κ1) is 18.1. The first-order valence-corrected chi connectivity index (χ1v) is 9.23. The molecule has 0 radical (unpaired) electrons. The molecule has 6 nitrogen and oxygen atoms in total. The minimum absolute atomic E-state index is 0.0800. The summed E-state index contributed by atoms with van der Waals surface area (Å²) in [5, 5.41) is 0. The number of ether oxygens (including phenoxy) is 2. The van der Waals surface area contributed by atoms with Gasteiger partial charge in [0.2, 0.25) is 0 Å². The van der Waals surface area contributed by atoms with Crippen LogP contribution in [0.25, 0.3) is 20.7 Å². The molecule has 0 fully saturated rings. The summed E-state index contributed by atoms with van der Waals surface area (Å²) in [5.74, 6) is 0.546.